The summed E-state index contributed by atoms with van der Waals surface area (Å²) in [6.07, 6.45) is 0.0105. The van der Waals surface area contributed by atoms with E-state index in [9.17, 15) is 22.7 Å². The van der Waals surface area contributed by atoms with Crippen LogP contribution in [0.1, 0.15) is 5.56 Å². The second kappa shape index (κ2) is 11.9. The van der Waals surface area contributed by atoms with Crippen LogP contribution in [0.5, 0.6) is 0 Å². The van der Waals surface area contributed by atoms with Crippen LogP contribution in [0.4, 0.5) is 10.1 Å². The van der Waals surface area contributed by atoms with E-state index in [-0.39, 0.29) is 11.3 Å². The monoisotopic (exact) mass is 492 g/mol. The summed E-state index contributed by atoms with van der Waals surface area (Å²) < 4.78 is 39.3. The molecule has 8 heteroatoms. The van der Waals surface area contributed by atoms with Gasteiger partial charge in [-0.1, -0.05) is 78.9 Å². The van der Waals surface area contributed by atoms with Crippen molar-refractivity contribution in [3.05, 3.63) is 121 Å². The van der Waals surface area contributed by atoms with Gasteiger partial charge in [-0.25, -0.2) is 12.8 Å². The molecule has 0 spiro atoms. The second-order valence-electron chi connectivity index (χ2n) is 7.61. The first-order valence-corrected chi connectivity index (χ1v) is 12.2. The summed E-state index contributed by atoms with van der Waals surface area (Å²) in [5.74, 6) is -1.85. The number of para-hydroxylation sites is 1. The van der Waals surface area contributed by atoms with E-state index in [1.807, 2.05) is 42.5 Å². The maximum Gasteiger partial charge on any atom is 0.322 e. The minimum Gasteiger partial charge on any atom is -0.480 e. The molecule has 1 atom stereocenters. The van der Waals surface area contributed by atoms with Gasteiger partial charge in [-0.15, -0.1) is 0 Å². The Hall–Kier alpha value is -4.01. The van der Waals surface area contributed by atoms with Gasteiger partial charge in [0.15, 0.2) is 0 Å². The van der Waals surface area contributed by atoms with Gasteiger partial charge in [0.2, 0.25) is 10.0 Å². The van der Waals surface area contributed by atoms with Crippen LogP contribution in [0.15, 0.2) is 114 Å². The number of carbonyl (C=O) groups is 1. The minimum absolute atomic E-state index is 0.0105. The Bertz CT molecular complexity index is 1350. The first kappa shape index (κ1) is 25.6. The standard InChI is InChI=1S/C15H14FNO4S.C12H11N/c16-12-6-8-13(9-7-12)22(20,21)17-14(15(18)19)10-11-4-2-1-3-5-11;13-12-9-5-4-8-11(12)10-6-2-1-3-7-10/h1-9,14,17H,10H2,(H,18,19);1-9H,13H2/t14-;/m0./s1. The van der Waals surface area contributed by atoms with Crippen LogP contribution in [0.2, 0.25) is 0 Å². The quantitative estimate of drug-likeness (QED) is 0.323. The van der Waals surface area contributed by atoms with E-state index in [1.165, 1.54) is 5.56 Å². The summed E-state index contributed by atoms with van der Waals surface area (Å²) in [7, 11) is -4.04. The number of hydrogen-bond donors (Lipinski definition) is 3. The van der Waals surface area contributed by atoms with Crippen LogP contribution in [0.25, 0.3) is 11.1 Å². The number of nitrogens with two attached hydrogens (primary N) is 1. The molecule has 0 fully saturated rings. The number of sulfonamides is 1. The lowest BCUT2D eigenvalue weighted by Crippen LogP contribution is -2.42. The summed E-state index contributed by atoms with van der Waals surface area (Å²) in [6.45, 7) is 0. The van der Waals surface area contributed by atoms with Gasteiger partial charge in [-0.2, -0.15) is 4.72 Å². The molecule has 4 N–H and O–H groups in total. The predicted octanol–water partition coefficient (Wildman–Crippen LogP) is 4.74. The van der Waals surface area contributed by atoms with Gasteiger partial charge < -0.3 is 10.8 Å². The van der Waals surface area contributed by atoms with E-state index in [0.29, 0.717) is 5.56 Å². The van der Waals surface area contributed by atoms with E-state index in [2.05, 4.69) is 16.9 Å². The highest BCUT2D eigenvalue weighted by atomic mass is 32.2. The molecule has 0 heterocycles. The molecule has 0 aliphatic heterocycles. The number of benzene rings is 4. The minimum atomic E-state index is -4.04. The average molecular weight is 493 g/mol. The molecule has 0 saturated heterocycles. The number of aliphatic carboxylic acids is 1. The lowest BCUT2D eigenvalue weighted by molar-refractivity contribution is -0.138. The van der Waals surface area contributed by atoms with Crippen LogP contribution in [0.3, 0.4) is 0 Å². The zero-order valence-corrected chi connectivity index (χ0v) is 19.5. The summed E-state index contributed by atoms with van der Waals surface area (Å²) in [6, 6.07) is 29.6. The molecule has 0 aliphatic carbocycles. The van der Waals surface area contributed by atoms with Crippen LogP contribution in [-0.4, -0.2) is 25.5 Å². The van der Waals surface area contributed by atoms with Crippen molar-refractivity contribution >= 4 is 21.7 Å². The average Bonchev–Trinajstić information content (AvgIpc) is 2.86. The fourth-order valence-electron chi connectivity index (χ4n) is 3.28. The Balaban J connectivity index is 0.000000223. The van der Waals surface area contributed by atoms with Crippen molar-refractivity contribution in [2.45, 2.75) is 17.4 Å². The molecule has 0 amide bonds. The number of nitrogen functional groups attached to an aromatic ring is 1. The number of anilines is 1. The molecule has 6 nitrogen and oxygen atoms in total. The molecule has 0 unspecified atom stereocenters. The third-order valence-corrected chi connectivity index (χ3v) is 6.54. The van der Waals surface area contributed by atoms with E-state index in [1.54, 1.807) is 30.3 Å². The Kier molecular flexibility index (Phi) is 8.72. The SMILES string of the molecule is Nc1ccccc1-c1ccccc1.O=C(O)[C@H](Cc1ccccc1)NS(=O)(=O)c1ccc(F)cc1. The van der Waals surface area contributed by atoms with E-state index in [4.69, 9.17) is 5.73 Å². The normalized spacial score (nSPS) is 11.7. The Morgan fingerprint density at radius 2 is 1.37 bits per heavy atom. The zero-order valence-electron chi connectivity index (χ0n) is 18.7. The first-order valence-electron chi connectivity index (χ1n) is 10.7. The Labute approximate surface area is 203 Å². The maximum atomic E-state index is 12.8. The van der Waals surface area contributed by atoms with E-state index >= 15 is 0 Å². The number of nitrogens with one attached hydrogen (secondary N) is 1. The van der Waals surface area contributed by atoms with E-state index in [0.717, 1.165) is 35.5 Å². The fourth-order valence-corrected chi connectivity index (χ4v) is 4.47. The van der Waals surface area contributed by atoms with Gasteiger partial charge >= 0.3 is 5.97 Å². The van der Waals surface area contributed by atoms with Gasteiger partial charge in [0.05, 0.1) is 4.90 Å². The van der Waals surface area contributed by atoms with Crippen molar-refractivity contribution in [1.82, 2.24) is 4.72 Å². The third kappa shape index (κ3) is 7.49. The smallest absolute Gasteiger partial charge is 0.322 e. The van der Waals surface area contributed by atoms with Crippen molar-refractivity contribution in [3.63, 3.8) is 0 Å². The van der Waals surface area contributed by atoms with Crippen molar-refractivity contribution in [2.24, 2.45) is 0 Å². The van der Waals surface area contributed by atoms with Gasteiger partial charge in [-0.05, 0) is 47.9 Å². The molecular weight excluding hydrogens is 467 g/mol. The highest BCUT2D eigenvalue weighted by Crippen LogP contribution is 2.24. The number of halogens is 1. The van der Waals surface area contributed by atoms with Crippen LogP contribution < -0.4 is 10.5 Å². The third-order valence-electron chi connectivity index (χ3n) is 5.05. The molecule has 35 heavy (non-hydrogen) atoms. The molecular formula is C27H25FN2O4S. The number of carboxylic acid groups (broad SMARTS) is 1. The largest absolute Gasteiger partial charge is 0.480 e. The summed E-state index contributed by atoms with van der Waals surface area (Å²) in [5, 5.41) is 9.20. The molecule has 0 bridgehead atoms. The van der Waals surface area contributed by atoms with Gasteiger partial charge in [0, 0.05) is 11.3 Å². The fraction of sp³-hybridized carbons (Fsp3) is 0.0741. The van der Waals surface area contributed by atoms with Crippen LogP contribution >= 0.6 is 0 Å². The Morgan fingerprint density at radius 3 is 1.94 bits per heavy atom. The molecule has 0 saturated carbocycles. The molecule has 0 aliphatic rings. The lowest BCUT2D eigenvalue weighted by atomic mass is 10.0. The molecule has 180 valence electrons. The summed E-state index contributed by atoms with van der Waals surface area (Å²) >= 11 is 0. The number of carboxylic acids is 1. The highest BCUT2D eigenvalue weighted by molar-refractivity contribution is 7.89. The van der Waals surface area contributed by atoms with Crippen LogP contribution in [-0.2, 0) is 21.2 Å². The van der Waals surface area contributed by atoms with Gasteiger partial charge in [0.1, 0.15) is 11.9 Å². The van der Waals surface area contributed by atoms with Crippen molar-refractivity contribution in [1.29, 1.82) is 0 Å². The Morgan fingerprint density at radius 1 is 0.829 bits per heavy atom. The number of rotatable bonds is 7. The lowest BCUT2D eigenvalue weighted by Gasteiger charge is -2.15. The second-order valence-corrected chi connectivity index (χ2v) is 9.32. The van der Waals surface area contributed by atoms with Gasteiger partial charge in [0.25, 0.3) is 0 Å². The van der Waals surface area contributed by atoms with Gasteiger partial charge in [-0.3, -0.25) is 4.79 Å². The maximum absolute atomic E-state index is 12.8. The molecule has 4 aromatic carbocycles. The van der Waals surface area contributed by atoms with Crippen LogP contribution in [0, 0.1) is 5.82 Å². The van der Waals surface area contributed by atoms with Crippen molar-refractivity contribution in [2.75, 3.05) is 5.73 Å². The number of hydrogen-bond acceptors (Lipinski definition) is 4. The summed E-state index contributed by atoms with van der Waals surface area (Å²) in [5.41, 5.74) is 9.64. The van der Waals surface area contributed by atoms with Crippen molar-refractivity contribution < 1.29 is 22.7 Å². The predicted molar refractivity (Wildman–Crippen MR) is 135 cm³/mol. The zero-order chi connectivity index (χ0) is 25.3. The van der Waals surface area contributed by atoms with E-state index < -0.39 is 27.9 Å². The molecule has 4 aromatic rings. The molecule has 0 aromatic heterocycles. The molecule has 0 radical (unpaired) electrons. The summed E-state index contributed by atoms with van der Waals surface area (Å²) in [4.78, 5) is 11.1. The highest BCUT2D eigenvalue weighted by Gasteiger charge is 2.25. The first-order chi connectivity index (χ1) is 16.8. The van der Waals surface area contributed by atoms with Crippen molar-refractivity contribution in [3.8, 4) is 11.1 Å². The molecule has 4 rings (SSSR count). The topological polar surface area (TPSA) is 109 Å².